The highest BCUT2D eigenvalue weighted by molar-refractivity contribution is 5.56. The van der Waals surface area contributed by atoms with E-state index in [1.165, 1.54) is 0 Å². The van der Waals surface area contributed by atoms with Gasteiger partial charge in [0, 0.05) is 6.61 Å². The lowest BCUT2D eigenvalue weighted by Gasteiger charge is -2.00. The zero-order valence-electron chi connectivity index (χ0n) is 6.00. The summed E-state index contributed by atoms with van der Waals surface area (Å²) < 4.78 is 9.12. The summed E-state index contributed by atoms with van der Waals surface area (Å²) in [5, 5.41) is 7.99. The molecule has 0 saturated heterocycles. The van der Waals surface area contributed by atoms with Crippen LogP contribution in [0.1, 0.15) is 13.3 Å². The normalized spacial score (nSPS) is 9.30. The Bertz CT molecular complexity index is 91.7. The van der Waals surface area contributed by atoms with Gasteiger partial charge in [-0.3, -0.25) is 0 Å². The minimum Gasteiger partial charge on any atom is -0.450 e. The van der Waals surface area contributed by atoms with Crippen LogP contribution in [0.3, 0.4) is 0 Å². The lowest BCUT2D eigenvalue weighted by Crippen LogP contribution is -2.08. The summed E-state index contributed by atoms with van der Waals surface area (Å²) in [7, 11) is 0. The largest absolute Gasteiger partial charge is 0.505 e. The Labute approximate surface area is 59.7 Å². The molecule has 0 aromatic rings. The lowest BCUT2D eigenvalue weighted by molar-refractivity contribution is 0.0480. The highest BCUT2D eigenvalue weighted by atomic mass is 16.7. The highest BCUT2D eigenvalue weighted by Gasteiger charge is 1.93. The number of hydrogen-bond acceptors (Lipinski definition) is 3. The van der Waals surface area contributed by atoms with Gasteiger partial charge in [-0.1, -0.05) is 6.92 Å². The molecule has 0 rings (SSSR count). The van der Waals surface area contributed by atoms with Crippen LogP contribution in [0.4, 0.5) is 4.79 Å². The predicted octanol–water partition coefficient (Wildman–Crippen LogP) is 1.11. The van der Waals surface area contributed by atoms with Crippen LogP contribution in [-0.2, 0) is 9.47 Å². The Morgan fingerprint density at radius 2 is 2.10 bits per heavy atom. The molecule has 0 atom stereocenters. The molecule has 10 heavy (non-hydrogen) atoms. The van der Waals surface area contributed by atoms with Crippen molar-refractivity contribution < 1.29 is 19.4 Å². The fourth-order valence-corrected chi connectivity index (χ4v) is 0.434. The number of carbonyl (C=O) groups is 1. The molecule has 4 heteroatoms. The Morgan fingerprint density at radius 3 is 2.60 bits per heavy atom. The van der Waals surface area contributed by atoms with Crippen molar-refractivity contribution in [3.63, 3.8) is 0 Å². The maximum Gasteiger partial charge on any atom is 0.505 e. The van der Waals surface area contributed by atoms with E-state index >= 15 is 0 Å². The van der Waals surface area contributed by atoms with Crippen LogP contribution in [-0.4, -0.2) is 31.1 Å². The summed E-state index contributed by atoms with van der Waals surface area (Å²) in [6.45, 7) is 3.11. The maximum atomic E-state index is 9.75. The van der Waals surface area contributed by atoms with Crippen LogP contribution in [0.5, 0.6) is 0 Å². The molecule has 0 bridgehead atoms. The predicted molar refractivity (Wildman–Crippen MR) is 35.1 cm³/mol. The Kier molecular flexibility index (Phi) is 5.86. The van der Waals surface area contributed by atoms with E-state index in [-0.39, 0.29) is 6.61 Å². The number of carboxylic acid groups (broad SMARTS) is 1. The minimum atomic E-state index is -1.25. The molecule has 0 amide bonds. The third kappa shape index (κ3) is 7.23. The van der Waals surface area contributed by atoms with Crippen LogP contribution in [0.15, 0.2) is 0 Å². The SMILES string of the molecule is CCCOCCOC(=O)O. The fraction of sp³-hybridized carbons (Fsp3) is 0.833. The summed E-state index contributed by atoms with van der Waals surface area (Å²) in [5.74, 6) is 0. The van der Waals surface area contributed by atoms with Gasteiger partial charge in [0.25, 0.3) is 0 Å². The Balaban J connectivity index is 2.84. The van der Waals surface area contributed by atoms with Crippen LogP contribution in [0, 0.1) is 0 Å². The number of rotatable bonds is 5. The molecule has 0 aromatic carbocycles. The van der Waals surface area contributed by atoms with E-state index in [0.717, 1.165) is 6.42 Å². The van der Waals surface area contributed by atoms with Crippen molar-refractivity contribution in [2.24, 2.45) is 0 Å². The molecular formula is C6H12O4. The molecular weight excluding hydrogens is 136 g/mol. The quantitative estimate of drug-likeness (QED) is 0.468. The first-order valence-electron chi connectivity index (χ1n) is 3.20. The maximum absolute atomic E-state index is 9.75. The summed E-state index contributed by atoms with van der Waals surface area (Å²) in [6, 6.07) is 0. The van der Waals surface area contributed by atoms with E-state index in [9.17, 15) is 4.79 Å². The van der Waals surface area contributed by atoms with Crippen LogP contribution < -0.4 is 0 Å². The monoisotopic (exact) mass is 148 g/mol. The van der Waals surface area contributed by atoms with Crippen molar-refractivity contribution in [1.82, 2.24) is 0 Å². The molecule has 0 unspecified atom stereocenters. The van der Waals surface area contributed by atoms with E-state index < -0.39 is 6.16 Å². The molecule has 0 fully saturated rings. The van der Waals surface area contributed by atoms with E-state index in [0.29, 0.717) is 13.2 Å². The molecule has 0 spiro atoms. The van der Waals surface area contributed by atoms with Gasteiger partial charge in [0.15, 0.2) is 0 Å². The third-order valence-corrected chi connectivity index (χ3v) is 0.802. The van der Waals surface area contributed by atoms with Gasteiger partial charge in [0.05, 0.1) is 6.61 Å². The highest BCUT2D eigenvalue weighted by Crippen LogP contribution is 1.81. The van der Waals surface area contributed by atoms with Crippen molar-refractivity contribution in [1.29, 1.82) is 0 Å². The average molecular weight is 148 g/mol. The first-order chi connectivity index (χ1) is 4.77. The van der Waals surface area contributed by atoms with Crippen LogP contribution in [0.2, 0.25) is 0 Å². The second-order valence-corrected chi connectivity index (χ2v) is 1.73. The van der Waals surface area contributed by atoms with Crippen molar-refractivity contribution in [3.8, 4) is 0 Å². The molecule has 0 aliphatic heterocycles. The fourth-order valence-electron chi connectivity index (χ4n) is 0.434. The van der Waals surface area contributed by atoms with E-state index in [1.807, 2.05) is 6.92 Å². The summed E-state index contributed by atoms with van der Waals surface area (Å²) in [5.41, 5.74) is 0. The zero-order chi connectivity index (χ0) is 7.82. The third-order valence-electron chi connectivity index (χ3n) is 0.802. The topological polar surface area (TPSA) is 55.8 Å². The number of ether oxygens (including phenoxy) is 2. The Hall–Kier alpha value is -0.770. The summed E-state index contributed by atoms with van der Waals surface area (Å²) in [4.78, 5) is 9.75. The standard InChI is InChI=1S/C6H12O4/c1-2-3-9-4-5-10-6(7)8/h2-5H2,1H3,(H,7,8). The van der Waals surface area contributed by atoms with Crippen molar-refractivity contribution in [2.75, 3.05) is 19.8 Å². The molecule has 0 radical (unpaired) electrons. The van der Waals surface area contributed by atoms with E-state index in [4.69, 9.17) is 9.84 Å². The van der Waals surface area contributed by atoms with Crippen molar-refractivity contribution in [2.45, 2.75) is 13.3 Å². The molecule has 0 saturated carbocycles. The van der Waals surface area contributed by atoms with Crippen LogP contribution >= 0.6 is 0 Å². The van der Waals surface area contributed by atoms with Crippen LogP contribution in [0.25, 0.3) is 0 Å². The first kappa shape index (κ1) is 9.23. The molecule has 0 aromatic heterocycles. The van der Waals surface area contributed by atoms with Crippen molar-refractivity contribution in [3.05, 3.63) is 0 Å². The second-order valence-electron chi connectivity index (χ2n) is 1.73. The minimum absolute atomic E-state index is 0.120. The molecule has 0 aliphatic rings. The molecule has 0 heterocycles. The smallest absolute Gasteiger partial charge is 0.450 e. The van der Waals surface area contributed by atoms with Gasteiger partial charge in [-0.2, -0.15) is 0 Å². The summed E-state index contributed by atoms with van der Waals surface area (Å²) in [6.07, 6.45) is -0.312. The number of hydrogen-bond donors (Lipinski definition) is 1. The van der Waals surface area contributed by atoms with Gasteiger partial charge in [0.2, 0.25) is 0 Å². The van der Waals surface area contributed by atoms with Gasteiger partial charge in [-0.15, -0.1) is 0 Å². The lowest BCUT2D eigenvalue weighted by atomic mass is 10.5. The van der Waals surface area contributed by atoms with Gasteiger partial charge in [-0.05, 0) is 6.42 Å². The molecule has 0 aliphatic carbocycles. The average Bonchev–Trinajstić information content (AvgIpc) is 1.87. The first-order valence-corrected chi connectivity index (χ1v) is 3.20. The van der Waals surface area contributed by atoms with Gasteiger partial charge >= 0.3 is 6.16 Å². The van der Waals surface area contributed by atoms with E-state index in [1.54, 1.807) is 0 Å². The summed E-state index contributed by atoms with van der Waals surface area (Å²) >= 11 is 0. The second kappa shape index (κ2) is 6.35. The van der Waals surface area contributed by atoms with E-state index in [2.05, 4.69) is 4.74 Å². The zero-order valence-corrected chi connectivity index (χ0v) is 6.00. The van der Waals surface area contributed by atoms with Gasteiger partial charge < -0.3 is 14.6 Å². The van der Waals surface area contributed by atoms with Crippen molar-refractivity contribution >= 4 is 6.16 Å². The molecule has 1 N–H and O–H groups in total. The Morgan fingerprint density at radius 1 is 1.40 bits per heavy atom. The molecule has 4 nitrogen and oxygen atoms in total. The molecule has 60 valence electrons. The van der Waals surface area contributed by atoms with Gasteiger partial charge in [0.1, 0.15) is 6.61 Å². The van der Waals surface area contributed by atoms with Gasteiger partial charge in [-0.25, -0.2) is 4.79 Å².